The summed E-state index contributed by atoms with van der Waals surface area (Å²) >= 11 is 0. The van der Waals surface area contributed by atoms with Gasteiger partial charge in [-0.15, -0.1) is 0 Å². The van der Waals surface area contributed by atoms with E-state index in [0.717, 1.165) is 11.1 Å². The van der Waals surface area contributed by atoms with Crippen LogP contribution in [0.25, 0.3) is 5.76 Å². The summed E-state index contributed by atoms with van der Waals surface area (Å²) in [6, 6.07) is 16.8. The van der Waals surface area contributed by atoms with Crippen LogP contribution in [0.2, 0.25) is 0 Å². The summed E-state index contributed by atoms with van der Waals surface area (Å²) in [4.78, 5) is 11.7. The Morgan fingerprint density at radius 2 is 1.78 bits per heavy atom. The van der Waals surface area contributed by atoms with Gasteiger partial charge in [-0.05, 0) is 11.1 Å². The maximum atomic E-state index is 11.7. The van der Waals surface area contributed by atoms with E-state index < -0.39 is 12.1 Å². The van der Waals surface area contributed by atoms with Crippen LogP contribution in [0, 0.1) is 0 Å². The molecule has 1 aliphatic rings. The van der Waals surface area contributed by atoms with Crippen LogP contribution in [0.3, 0.4) is 0 Å². The molecule has 3 rings (SSSR count). The number of aliphatic carboxylic acids is 1. The van der Waals surface area contributed by atoms with Gasteiger partial charge in [0, 0.05) is 17.7 Å². The molecule has 2 aromatic rings. The van der Waals surface area contributed by atoms with E-state index in [4.69, 9.17) is 10.5 Å². The number of ether oxygens (including phenoxy) is 1. The third-order valence-electron chi connectivity index (χ3n) is 3.87. The molecule has 0 saturated heterocycles. The van der Waals surface area contributed by atoms with Gasteiger partial charge in [-0.2, -0.15) is 0 Å². The third-order valence-corrected chi connectivity index (χ3v) is 3.87. The van der Waals surface area contributed by atoms with Crippen molar-refractivity contribution in [1.29, 1.82) is 0 Å². The molecule has 0 bridgehead atoms. The minimum absolute atomic E-state index is 0.124. The van der Waals surface area contributed by atoms with Crippen molar-refractivity contribution in [3.8, 4) is 0 Å². The van der Waals surface area contributed by atoms with E-state index in [1.165, 1.54) is 0 Å². The molecule has 0 spiro atoms. The number of carbonyl (C=O) groups is 1. The molecule has 23 heavy (non-hydrogen) atoms. The zero-order chi connectivity index (χ0) is 16.4. The third kappa shape index (κ3) is 2.76. The Hall–Kier alpha value is -2.85. The summed E-state index contributed by atoms with van der Waals surface area (Å²) < 4.78 is 5.96. The highest BCUT2D eigenvalue weighted by Crippen LogP contribution is 2.43. The maximum absolute atomic E-state index is 11.7. The molecule has 4 nitrogen and oxygen atoms in total. The van der Waals surface area contributed by atoms with Gasteiger partial charge in [-0.25, -0.2) is 4.79 Å². The lowest BCUT2D eigenvalue weighted by molar-refractivity contribution is -0.132. The van der Waals surface area contributed by atoms with Gasteiger partial charge in [0.2, 0.25) is 0 Å². The van der Waals surface area contributed by atoms with Crippen molar-refractivity contribution >= 4 is 11.7 Å². The van der Waals surface area contributed by atoms with Crippen LogP contribution in [0.1, 0.15) is 22.8 Å². The van der Waals surface area contributed by atoms with Crippen molar-refractivity contribution < 1.29 is 14.6 Å². The average molecular weight is 307 g/mol. The number of hydrogen-bond acceptors (Lipinski definition) is 3. The Labute approximate surface area is 134 Å². The Morgan fingerprint density at radius 1 is 1.13 bits per heavy atom. The number of nitrogens with two attached hydrogens (primary N) is 1. The van der Waals surface area contributed by atoms with Crippen molar-refractivity contribution in [2.75, 3.05) is 0 Å². The highest BCUT2D eigenvalue weighted by atomic mass is 16.5. The smallest absolute Gasteiger partial charge is 0.339 e. The van der Waals surface area contributed by atoms with Crippen LogP contribution < -0.4 is 5.73 Å². The van der Waals surface area contributed by atoms with E-state index in [0.29, 0.717) is 23.4 Å². The van der Waals surface area contributed by atoms with Crippen LogP contribution in [-0.4, -0.2) is 11.1 Å². The molecule has 1 atom stereocenters. The first-order valence-corrected chi connectivity index (χ1v) is 7.29. The fourth-order valence-electron chi connectivity index (χ4n) is 2.66. The molecule has 1 aliphatic heterocycles. The molecule has 0 aliphatic carbocycles. The highest BCUT2D eigenvalue weighted by Gasteiger charge is 2.35. The summed E-state index contributed by atoms with van der Waals surface area (Å²) in [5.41, 5.74) is 8.74. The van der Waals surface area contributed by atoms with Crippen LogP contribution in [0.4, 0.5) is 0 Å². The van der Waals surface area contributed by atoms with Crippen molar-refractivity contribution in [3.05, 3.63) is 89.0 Å². The number of benzene rings is 2. The second kappa shape index (κ2) is 6.10. The first-order chi connectivity index (χ1) is 11.1. The second-order valence-electron chi connectivity index (χ2n) is 5.34. The molecule has 0 saturated carbocycles. The minimum atomic E-state index is -1.04. The lowest BCUT2D eigenvalue weighted by Crippen LogP contribution is -2.04. The molecular weight excluding hydrogens is 290 g/mol. The maximum Gasteiger partial charge on any atom is 0.339 e. The SMILES string of the molecule is C=C1C(C(=O)O)=C(c2ccc(CN)cc2)O[C@@H]1c1ccccc1. The van der Waals surface area contributed by atoms with Crippen molar-refractivity contribution in [2.24, 2.45) is 5.73 Å². The van der Waals surface area contributed by atoms with Gasteiger partial charge in [-0.1, -0.05) is 61.2 Å². The number of hydrogen-bond donors (Lipinski definition) is 2. The zero-order valence-electron chi connectivity index (χ0n) is 12.5. The van der Waals surface area contributed by atoms with Crippen LogP contribution in [0.5, 0.6) is 0 Å². The van der Waals surface area contributed by atoms with Gasteiger partial charge in [0.15, 0.2) is 0 Å². The minimum Gasteiger partial charge on any atom is -0.479 e. The average Bonchev–Trinajstić information content (AvgIpc) is 2.93. The number of carboxylic acid groups (broad SMARTS) is 1. The van der Waals surface area contributed by atoms with Crippen LogP contribution >= 0.6 is 0 Å². The second-order valence-corrected chi connectivity index (χ2v) is 5.34. The Morgan fingerprint density at radius 3 is 2.35 bits per heavy atom. The lowest BCUT2D eigenvalue weighted by Gasteiger charge is -2.14. The van der Waals surface area contributed by atoms with Crippen LogP contribution in [0.15, 0.2) is 72.3 Å². The predicted octanol–water partition coefficient (Wildman–Crippen LogP) is 3.27. The van der Waals surface area contributed by atoms with Gasteiger partial charge in [-0.3, -0.25) is 0 Å². The largest absolute Gasteiger partial charge is 0.479 e. The first-order valence-electron chi connectivity index (χ1n) is 7.29. The summed E-state index contributed by atoms with van der Waals surface area (Å²) in [5, 5.41) is 9.56. The molecule has 0 aromatic heterocycles. The van der Waals surface area contributed by atoms with Gasteiger partial charge in [0.1, 0.15) is 17.4 Å². The quantitative estimate of drug-likeness (QED) is 0.909. The van der Waals surface area contributed by atoms with Gasteiger partial charge < -0.3 is 15.6 Å². The van der Waals surface area contributed by atoms with E-state index in [2.05, 4.69) is 6.58 Å². The molecule has 0 unspecified atom stereocenters. The first kappa shape index (κ1) is 15.1. The summed E-state index contributed by atoms with van der Waals surface area (Å²) in [7, 11) is 0. The van der Waals surface area contributed by atoms with E-state index >= 15 is 0 Å². The van der Waals surface area contributed by atoms with Gasteiger partial charge >= 0.3 is 5.97 Å². The Balaban J connectivity index is 2.02. The molecule has 4 heteroatoms. The standard InChI is InChI=1S/C19H17NO3/c1-12-16(19(21)22)18(15-9-7-13(11-20)8-10-15)23-17(12)14-5-3-2-4-6-14/h2-10,17H,1,11,20H2,(H,21,22)/t17-/m0/s1. The van der Waals surface area contributed by atoms with E-state index in [1.807, 2.05) is 54.6 Å². The number of carboxylic acids is 1. The molecule has 1 heterocycles. The van der Waals surface area contributed by atoms with E-state index in [-0.39, 0.29) is 5.57 Å². The molecular formula is C19H17NO3. The van der Waals surface area contributed by atoms with Crippen LogP contribution in [-0.2, 0) is 16.1 Å². The Kier molecular flexibility index (Phi) is 4.00. The fraction of sp³-hybridized carbons (Fsp3) is 0.105. The molecule has 116 valence electrons. The molecule has 0 amide bonds. The molecule has 0 radical (unpaired) electrons. The molecule has 0 fully saturated rings. The fourth-order valence-corrected chi connectivity index (χ4v) is 2.66. The normalized spacial score (nSPS) is 17.3. The van der Waals surface area contributed by atoms with Crippen molar-refractivity contribution in [2.45, 2.75) is 12.6 Å². The zero-order valence-corrected chi connectivity index (χ0v) is 12.5. The van der Waals surface area contributed by atoms with E-state index in [1.54, 1.807) is 0 Å². The molecule has 3 N–H and O–H groups in total. The van der Waals surface area contributed by atoms with Crippen molar-refractivity contribution in [3.63, 3.8) is 0 Å². The summed E-state index contributed by atoms with van der Waals surface area (Å²) in [6.45, 7) is 4.38. The van der Waals surface area contributed by atoms with Gasteiger partial charge in [0.05, 0.1) is 0 Å². The topological polar surface area (TPSA) is 72.5 Å². The van der Waals surface area contributed by atoms with Crippen molar-refractivity contribution in [1.82, 2.24) is 0 Å². The Bertz CT molecular complexity index is 776. The van der Waals surface area contributed by atoms with Gasteiger partial charge in [0.25, 0.3) is 0 Å². The summed E-state index contributed by atoms with van der Waals surface area (Å²) in [6.07, 6.45) is -0.480. The molecule has 2 aromatic carbocycles. The monoisotopic (exact) mass is 307 g/mol. The predicted molar refractivity (Wildman–Crippen MR) is 88.3 cm³/mol. The summed E-state index contributed by atoms with van der Waals surface area (Å²) in [5.74, 6) is -0.689. The van der Waals surface area contributed by atoms with E-state index in [9.17, 15) is 9.90 Å². The lowest BCUT2D eigenvalue weighted by atomic mass is 9.97. The number of rotatable bonds is 4. The highest BCUT2D eigenvalue weighted by molar-refractivity contribution is 6.01.